The molecule has 0 bridgehead atoms. The Labute approximate surface area is 238 Å². The first-order chi connectivity index (χ1) is 19.3. The van der Waals surface area contributed by atoms with Gasteiger partial charge >= 0.3 is 0 Å². The number of nitrogens with zero attached hydrogens (tertiary/aromatic N) is 3. The highest BCUT2D eigenvalue weighted by molar-refractivity contribution is 7.88. The molecule has 0 unspecified atom stereocenters. The van der Waals surface area contributed by atoms with Crippen LogP contribution in [0.5, 0.6) is 0 Å². The quantitative estimate of drug-likeness (QED) is 0.192. The molecule has 5 aromatic rings. The number of fused-ring (bicyclic) bond motifs is 1. The SMILES string of the molecule is CN(C)CCc1cn(Cc2ccccc2)c2ccc(CS(=O)(=O)N(C)C(c3ccccc3)c3ccccc3)cc12. The maximum atomic E-state index is 13.9. The predicted molar refractivity (Wildman–Crippen MR) is 165 cm³/mol. The summed E-state index contributed by atoms with van der Waals surface area (Å²) >= 11 is 0. The first-order valence-corrected chi connectivity index (χ1v) is 15.3. The molecule has 0 radical (unpaired) electrons. The van der Waals surface area contributed by atoms with Gasteiger partial charge < -0.3 is 9.47 Å². The van der Waals surface area contributed by atoms with Crippen molar-refractivity contribution in [3.8, 4) is 0 Å². The van der Waals surface area contributed by atoms with Crippen molar-refractivity contribution in [2.75, 3.05) is 27.7 Å². The third kappa shape index (κ3) is 6.36. The molecule has 0 amide bonds. The second kappa shape index (κ2) is 12.2. The molecule has 0 N–H and O–H groups in total. The summed E-state index contributed by atoms with van der Waals surface area (Å²) in [6.07, 6.45) is 3.12. The normalized spacial score (nSPS) is 12.2. The maximum absolute atomic E-state index is 13.9. The van der Waals surface area contributed by atoms with Crippen molar-refractivity contribution in [1.82, 2.24) is 13.8 Å². The minimum atomic E-state index is -3.64. The van der Waals surface area contributed by atoms with Gasteiger partial charge in [0.15, 0.2) is 0 Å². The fraction of sp³-hybridized carbons (Fsp3) is 0.235. The zero-order valence-corrected chi connectivity index (χ0v) is 24.3. The zero-order chi connectivity index (χ0) is 28.1. The highest BCUT2D eigenvalue weighted by Crippen LogP contribution is 2.32. The van der Waals surface area contributed by atoms with Gasteiger partial charge in [-0.1, -0.05) is 97.1 Å². The Morgan fingerprint density at radius 1 is 0.725 bits per heavy atom. The number of rotatable bonds is 11. The molecule has 5 nitrogen and oxygen atoms in total. The van der Waals surface area contributed by atoms with Gasteiger partial charge in [-0.25, -0.2) is 8.42 Å². The van der Waals surface area contributed by atoms with Gasteiger partial charge in [-0.05, 0) is 60.5 Å². The van der Waals surface area contributed by atoms with Crippen LogP contribution in [0.4, 0.5) is 0 Å². The molecule has 0 aliphatic rings. The Bertz CT molecular complexity index is 1610. The molecular weight excluding hydrogens is 514 g/mol. The van der Waals surface area contributed by atoms with E-state index in [-0.39, 0.29) is 5.75 Å². The van der Waals surface area contributed by atoms with Crippen LogP contribution >= 0.6 is 0 Å². The lowest BCUT2D eigenvalue weighted by Crippen LogP contribution is -2.33. The van der Waals surface area contributed by atoms with Crippen molar-refractivity contribution in [3.05, 3.63) is 143 Å². The Morgan fingerprint density at radius 2 is 1.30 bits per heavy atom. The lowest BCUT2D eigenvalue weighted by molar-refractivity contribution is 0.414. The smallest absolute Gasteiger partial charge is 0.218 e. The number of sulfonamides is 1. The molecule has 0 aliphatic heterocycles. The number of hydrogen-bond acceptors (Lipinski definition) is 3. The van der Waals surface area contributed by atoms with Crippen LogP contribution < -0.4 is 0 Å². The first-order valence-electron chi connectivity index (χ1n) is 13.7. The van der Waals surface area contributed by atoms with Crippen molar-refractivity contribution in [1.29, 1.82) is 0 Å². The molecule has 5 rings (SSSR count). The lowest BCUT2D eigenvalue weighted by Gasteiger charge is -2.28. The summed E-state index contributed by atoms with van der Waals surface area (Å²) in [4.78, 5) is 2.18. The minimum absolute atomic E-state index is 0.0629. The van der Waals surface area contributed by atoms with Crippen molar-refractivity contribution >= 4 is 20.9 Å². The van der Waals surface area contributed by atoms with E-state index in [1.165, 1.54) is 15.4 Å². The number of benzene rings is 4. The van der Waals surface area contributed by atoms with Crippen molar-refractivity contribution < 1.29 is 8.42 Å². The molecular formula is C34H37N3O2S. The van der Waals surface area contributed by atoms with E-state index in [1.54, 1.807) is 7.05 Å². The summed E-state index contributed by atoms with van der Waals surface area (Å²) in [5.74, 6) is -0.0629. The van der Waals surface area contributed by atoms with E-state index < -0.39 is 16.1 Å². The molecule has 0 spiro atoms. The molecule has 0 fully saturated rings. The van der Waals surface area contributed by atoms with Gasteiger partial charge in [0, 0.05) is 37.2 Å². The Morgan fingerprint density at radius 3 is 1.88 bits per heavy atom. The number of aromatic nitrogens is 1. The molecule has 6 heteroatoms. The number of hydrogen-bond donors (Lipinski definition) is 0. The minimum Gasteiger partial charge on any atom is -0.343 e. The van der Waals surface area contributed by atoms with Gasteiger partial charge in [-0.3, -0.25) is 0 Å². The average Bonchev–Trinajstić information content (AvgIpc) is 3.29. The van der Waals surface area contributed by atoms with Gasteiger partial charge in [-0.2, -0.15) is 4.31 Å². The summed E-state index contributed by atoms with van der Waals surface area (Å²) in [5.41, 5.74) is 6.28. The van der Waals surface area contributed by atoms with Crippen LogP contribution in [0.1, 0.15) is 33.9 Å². The van der Waals surface area contributed by atoms with Gasteiger partial charge in [0.05, 0.1) is 11.8 Å². The van der Waals surface area contributed by atoms with Gasteiger partial charge in [0.25, 0.3) is 0 Å². The Kier molecular flexibility index (Phi) is 8.50. The summed E-state index contributed by atoms with van der Waals surface area (Å²) in [6, 6.07) is 35.8. The van der Waals surface area contributed by atoms with Crippen molar-refractivity contribution in [3.63, 3.8) is 0 Å². The molecule has 0 saturated heterocycles. The third-order valence-electron chi connectivity index (χ3n) is 7.43. The molecule has 0 saturated carbocycles. The van der Waals surface area contributed by atoms with Crippen LogP contribution in [0.2, 0.25) is 0 Å². The van der Waals surface area contributed by atoms with E-state index in [2.05, 4.69) is 66.2 Å². The highest BCUT2D eigenvalue weighted by Gasteiger charge is 2.29. The fourth-order valence-electron chi connectivity index (χ4n) is 5.32. The zero-order valence-electron chi connectivity index (χ0n) is 23.4. The highest BCUT2D eigenvalue weighted by atomic mass is 32.2. The summed E-state index contributed by atoms with van der Waals surface area (Å²) in [7, 11) is 2.20. The largest absolute Gasteiger partial charge is 0.343 e. The summed E-state index contributed by atoms with van der Waals surface area (Å²) in [5, 5.41) is 1.12. The standard InChI is InChI=1S/C34H37N3O2S/c1-35(2)22-21-31-25-37(24-27-13-7-4-8-14-27)33-20-19-28(23-32(31)33)26-40(38,39)36(3)34(29-15-9-5-10-16-29)30-17-11-6-12-18-30/h4-20,23,25,34H,21-22,24,26H2,1-3H3. The summed E-state index contributed by atoms with van der Waals surface area (Å²) in [6.45, 7) is 1.70. The second-order valence-corrected chi connectivity index (χ2v) is 12.7. The molecule has 1 heterocycles. The van der Waals surface area contributed by atoms with Crippen LogP contribution in [0.3, 0.4) is 0 Å². The van der Waals surface area contributed by atoms with Crippen LogP contribution in [0.25, 0.3) is 10.9 Å². The number of likely N-dealkylation sites (N-methyl/N-ethyl adjacent to an activating group) is 1. The molecule has 0 atom stereocenters. The van der Waals surface area contributed by atoms with E-state index in [1.807, 2.05) is 72.8 Å². The average molecular weight is 552 g/mol. The summed E-state index contributed by atoms with van der Waals surface area (Å²) < 4.78 is 31.6. The van der Waals surface area contributed by atoms with E-state index in [0.29, 0.717) is 0 Å². The van der Waals surface area contributed by atoms with Crippen LogP contribution in [0.15, 0.2) is 115 Å². The third-order valence-corrected chi connectivity index (χ3v) is 9.22. The maximum Gasteiger partial charge on any atom is 0.218 e. The molecule has 40 heavy (non-hydrogen) atoms. The van der Waals surface area contributed by atoms with Gasteiger partial charge in [0.1, 0.15) is 0 Å². The Hall–Kier alpha value is -3.71. The van der Waals surface area contributed by atoms with Gasteiger partial charge in [0.2, 0.25) is 10.0 Å². The van der Waals surface area contributed by atoms with Gasteiger partial charge in [-0.15, -0.1) is 0 Å². The topological polar surface area (TPSA) is 45.6 Å². The van der Waals surface area contributed by atoms with E-state index in [0.717, 1.165) is 47.1 Å². The fourth-order valence-corrected chi connectivity index (χ4v) is 6.69. The van der Waals surface area contributed by atoms with Crippen LogP contribution in [-0.2, 0) is 28.7 Å². The first kappa shape index (κ1) is 27.8. The van der Waals surface area contributed by atoms with E-state index >= 15 is 0 Å². The van der Waals surface area contributed by atoms with Crippen molar-refractivity contribution in [2.45, 2.75) is 24.8 Å². The van der Waals surface area contributed by atoms with E-state index in [9.17, 15) is 8.42 Å². The van der Waals surface area contributed by atoms with Crippen molar-refractivity contribution in [2.24, 2.45) is 0 Å². The molecule has 0 aliphatic carbocycles. The lowest BCUT2D eigenvalue weighted by atomic mass is 9.99. The Balaban J connectivity index is 1.48. The second-order valence-electron chi connectivity index (χ2n) is 10.7. The molecule has 1 aromatic heterocycles. The van der Waals surface area contributed by atoms with E-state index in [4.69, 9.17) is 0 Å². The van der Waals surface area contributed by atoms with Crippen LogP contribution in [0, 0.1) is 0 Å². The monoisotopic (exact) mass is 551 g/mol. The molecule has 4 aromatic carbocycles. The predicted octanol–water partition coefficient (Wildman–Crippen LogP) is 6.34. The van der Waals surface area contributed by atoms with Crippen LogP contribution in [-0.4, -0.2) is 49.9 Å². The molecule has 206 valence electrons.